The fourth-order valence-electron chi connectivity index (χ4n) is 3.84. The summed E-state index contributed by atoms with van der Waals surface area (Å²) in [5.41, 5.74) is 4.46. The van der Waals surface area contributed by atoms with Crippen LogP contribution >= 0.6 is 23.2 Å². The van der Waals surface area contributed by atoms with Gasteiger partial charge in [-0.15, -0.1) is 0 Å². The molecule has 174 valence electrons. The molecular weight excluding hydrogens is 461 g/mol. The molecule has 1 aromatic carbocycles. The van der Waals surface area contributed by atoms with Crippen molar-refractivity contribution in [1.29, 1.82) is 0 Å². The summed E-state index contributed by atoms with van der Waals surface area (Å²) in [6.45, 7) is 10.6. The molecule has 0 bridgehead atoms. The number of ether oxygens (including phenoxy) is 1. The molecule has 33 heavy (non-hydrogen) atoms. The molecule has 9 heteroatoms. The zero-order valence-corrected chi connectivity index (χ0v) is 20.9. The quantitative estimate of drug-likeness (QED) is 0.447. The third-order valence-corrected chi connectivity index (χ3v) is 6.10. The number of nitrogens with zero attached hydrogens (tertiary/aromatic N) is 5. The van der Waals surface area contributed by atoms with E-state index in [1.165, 1.54) is 0 Å². The molecule has 0 radical (unpaired) electrons. The van der Waals surface area contributed by atoms with Gasteiger partial charge in [0.2, 0.25) is 0 Å². The minimum atomic E-state index is -0.516. The topological polar surface area (TPSA) is 73.1 Å². The summed E-state index contributed by atoms with van der Waals surface area (Å²) in [7, 11) is 0. The normalized spacial score (nSPS) is 15.5. The van der Waals surface area contributed by atoms with Crippen LogP contribution in [0.1, 0.15) is 57.1 Å². The van der Waals surface area contributed by atoms with Gasteiger partial charge < -0.3 is 9.64 Å². The molecule has 3 aromatic rings. The van der Waals surface area contributed by atoms with E-state index in [9.17, 15) is 4.79 Å². The number of aromatic nitrogens is 4. The van der Waals surface area contributed by atoms with Crippen molar-refractivity contribution in [3.05, 3.63) is 57.5 Å². The summed E-state index contributed by atoms with van der Waals surface area (Å²) < 4.78 is 7.33. The summed E-state index contributed by atoms with van der Waals surface area (Å²) >= 11 is 12.5. The lowest BCUT2D eigenvalue weighted by molar-refractivity contribution is 0.0270. The van der Waals surface area contributed by atoms with Crippen molar-refractivity contribution in [2.75, 3.05) is 13.1 Å². The largest absolute Gasteiger partial charge is 0.444 e. The van der Waals surface area contributed by atoms with Crippen LogP contribution in [0.4, 0.5) is 4.79 Å². The highest BCUT2D eigenvalue weighted by atomic mass is 35.5. The number of fused-ring (bicyclic) bond motifs is 1. The molecule has 2 aromatic heterocycles. The molecule has 1 atom stereocenters. The first-order valence-corrected chi connectivity index (χ1v) is 11.6. The first-order valence-electron chi connectivity index (χ1n) is 10.9. The highest BCUT2D eigenvalue weighted by Gasteiger charge is 2.25. The Bertz CT molecular complexity index is 1250. The number of carbonyl (C=O) groups is 1. The molecule has 0 fully saturated rings. The van der Waals surface area contributed by atoms with Crippen LogP contribution < -0.4 is 0 Å². The fraction of sp³-hybridized carbons (Fsp3) is 0.417. The fourth-order valence-corrected chi connectivity index (χ4v) is 4.41. The Balaban J connectivity index is 1.63. The molecule has 1 amide bonds. The third kappa shape index (κ3) is 4.99. The van der Waals surface area contributed by atoms with Crippen LogP contribution in [0.15, 0.2) is 30.5 Å². The molecule has 0 spiro atoms. The van der Waals surface area contributed by atoms with Crippen LogP contribution in [0.2, 0.25) is 10.0 Å². The molecule has 1 unspecified atom stereocenters. The van der Waals surface area contributed by atoms with Gasteiger partial charge in [0.15, 0.2) is 5.65 Å². The Kier molecular flexibility index (Phi) is 6.38. The van der Waals surface area contributed by atoms with E-state index >= 15 is 0 Å². The number of carbonyl (C=O) groups excluding carboxylic acids is 1. The van der Waals surface area contributed by atoms with Crippen LogP contribution in [-0.2, 0) is 4.74 Å². The van der Waals surface area contributed by atoms with Gasteiger partial charge in [-0.05, 0) is 64.3 Å². The summed E-state index contributed by atoms with van der Waals surface area (Å²) in [6, 6.07) is 5.30. The zero-order valence-electron chi connectivity index (χ0n) is 19.4. The average molecular weight is 488 g/mol. The van der Waals surface area contributed by atoms with Gasteiger partial charge in [0.05, 0.1) is 23.6 Å². The molecule has 3 heterocycles. The minimum absolute atomic E-state index is 0.154. The smallest absolute Gasteiger partial charge is 0.410 e. The van der Waals surface area contributed by atoms with E-state index in [1.807, 2.05) is 57.5 Å². The number of halogens is 2. The molecule has 1 aliphatic heterocycles. The number of aryl methyl sites for hydroxylation is 1. The number of hydrogen-bond donors (Lipinski definition) is 0. The van der Waals surface area contributed by atoms with Gasteiger partial charge >= 0.3 is 6.09 Å². The average Bonchev–Trinajstić information content (AvgIpc) is 3.08. The molecule has 0 aliphatic carbocycles. The van der Waals surface area contributed by atoms with Crippen LogP contribution in [0.3, 0.4) is 0 Å². The predicted octanol–water partition coefficient (Wildman–Crippen LogP) is 6.08. The Morgan fingerprint density at radius 2 is 2.00 bits per heavy atom. The van der Waals surface area contributed by atoms with Crippen molar-refractivity contribution in [2.24, 2.45) is 0 Å². The SMILES string of the molecule is Cc1nn(C(C)c2ccc(Cl)cc2Cl)c2nc(C3=CCN(C(=O)OC(C)(C)C)CC3)cnc12. The van der Waals surface area contributed by atoms with E-state index in [0.29, 0.717) is 35.2 Å². The second kappa shape index (κ2) is 8.95. The number of hydrogen-bond acceptors (Lipinski definition) is 5. The second-order valence-electron chi connectivity index (χ2n) is 9.20. The maximum absolute atomic E-state index is 12.4. The van der Waals surface area contributed by atoms with Crippen LogP contribution in [-0.4, -0.2) is 49.4 Å². The highest BCUT2D eigenvalue weighted by molar-refractivity contribution is 6.35. The maximum Gasteiger partial charge on any atom is 0.410 e. The maximum atomic E-state index is 12.4. The summed E-state index contributed by atoms with van der Waals surface area (Å²) in [5, 5.41) is 5.86. The Morgan fingerprint density at radius 3 is 2.64 bits per heavy atom. The van der Waals surface area contributed by atoms with Gasteiger partial charge in [-0.25, -0.2) is 19.4 Å². The zero-order chi connectivity index (χ0) is 23.9. The summed E-state index contributed by atoms with van der Waals surface area (Å²) in [5.74, 6) is 0. The van der Waals surface area contributed by atoms with E-state index < -0.39 is 5.60 Å². The van der Waals surface area contributed by atoms with Gasteiger partial charge in [-0.2, -0.15) is 5.10 Å². The van der Waals surface area contributed by atoms with Gasteiger partial charge in [-0.1, -0.05) is 35.3 Å². The van der Waals surface area contributed by atoms with Crippen molar-refractivity contribution in [1.82, 2.24) is 24.6 Å². The Morgan fingerprint density at radius 1 is 1.24 bits per heavy atom. The van der Waals surface area contributed by atoms with Crippen molar-refractivity contribution in [2.45, 2.75) is 52.7 Å². The molecule has 1 aliphatic rings. The molecule has 0 saturated carbocycles. The first-order chi connectivity index (χ1) is 15.5. The van der Waals surface area contributed by atoms with E-state index in [4.69, 9.17) is 38.0 Å². The van der Waals surface area contributed by atoms with E-state index in [2.05, 4.69) is 4.98 Å². The molecule has 4 rings (SSSR count). The Labute approximate surface area is 203 Å². The predicted molar refractivity (Wildman–Crippen MR) is 131 cm³/mol. The van der Waals surface area contributed by atoms with Crippen molar-refractivity contribution in [3.63, 3.8) is 0 Å². The molecule has 0 saturated heterocycles. The van der Waals surface area contributed by atoms with Crippen LogP contribution in [0, 0.1) is 6.92 Å². The van der Waals surface area contributed by atoms with Crippen molar-refractivity contribution in [3.8, 4) is 0 Å². The number of amides is 1. The second-order valence-corrected chi connectivity index (χ2v) is 10.0. The molecular formula is C24H27Cl2N5O2. The lowest BCUT2D eigenvalue weighted by Gasteiger charge is -2.29. The van der Waals surface area contributed by atoms with E-state index in [1.54, 1.807) is 17.2 Å². The molecule has 0 N–H and O–H groups in total. The van der Waals surface area contributed by atoms with Crippen LogP contribution in [0.25, 0.3) is 16.7 Å². The van der Waals surface area contributed by atoms with Gasteiger partial charge in [0, 0.05) is 23.1 Å². The monoisotopic (exact) mass is 487 g/mol. The van der Waals surface area contributed by atoms with Crippen LogP contribution in [0.5, 0.6) is 0 Å². The summed E-state index contributed by atoms with van der Waals surface area (Å²) in [4.78, 5) is 23.6. The number of benzene rings is 1. The van der Waals surface area contributed by atoms with E-state index in [0.717, 1.165) is 28.0 Å². The molecule has 7 nitrogen and oxygen atoms in total. The minimum Gasteiger partial charge on any atom is -0.444 e. The van der Waals surface area contributed by atoms with Crippen molar-refractivity contribution < 1.29 is 9.53 Å². The standard InChI is InChI=1S/C24H27Cl2N5O2/c1-14-21-22(31(29-14)15(2)18-7-6-17(25)12-19(18)26)28-20(13-27-21)16-8-10-30(11-9-16)23(32)33-24(3,4)5/h6-8,12-13,15H,9-11H2,1-5H3. The van der Waals surface area contributed by atoms with Gasteiger partial charge in [-0.3, -0.25) is 0 Å². The van der Waals surface area contributed by atoms with Gasteiger partial charge in [0.25, 0.3) is 0 Å². The third-order valence-electron chi connectivity index (χ3n) is 5.54. The lowest BCUT2D eigenvalue weighted by atomic mass is 10.1. The summed E-state index contributed by atoms with van der Waals surface area (Å²) in [6.07, 6.45) is 4.15. The van der Waals surface area contributed by atoms with E-state index in [-0.39, 0.29) is 12.1 Å². The number of rotatable bonds is 3. The van der Waals surface area contributed by atoms with Gasteiger partial charge in [0.1, 0.15) is 11.1 Å². The lowest BCUT2D eigenvalue weighted by Crippen LogP contribution is -2.39. The Hall–Kier alpha value is -2.64. The van der Waals surface area contributed by atoms with Crippen molar-refractivity contribution >= 4 is 46.0 Å². The highest BCUT2D eigenvalue weighted by Crippen LogP contribution is 2.31. The first kappa shape index (κ1) is 23.5.